The second-order valence-corrected chi connectivity index (χ2v) is 8.41. The van der Waals surface area contributed by atoms with Crippen LogP contribution in [0.25, 0.3) is 0 Å². The molecule has 7 heteroatoms. The van der Waals surface area contributed by atoms with E-state index in [0.29, 0.717) is 16.5 Å². The van der Waals surface area contributed by atoms with Crippen LogP contribution in [-0.4, -0.2) is 38.1 Å². The molecule has 3 N–H and O–H groups in total. The van der Waals surface area contributed by atoms with Crippen LogP contribution in [0.5, 0.6) is 5.75 Å². The fourth-order valence-corrected chi connectivity index (χ4v) is 3.34. The predicted molar refractivity (Wildman–Crippen MR) is 115 cm³/mol. The molecule has 2 rings (SSSR count). The van der Waals surface area contributed by atoms with Crippen molar-refractivity contribution in [3.8, 4) is 5.75 Å². The number of anilines is 1. The second-order valence-electron chi connectivity index (χ2n) is 8.00. The van der Waals surface area contributed by atoms with Crippen LogP contribution in [0.2, 0.25) is 5.02 Å². The van der Waals surface area contributed by atoms with E-state index in [1.165, 1.54) is 7.11 Å². The Morgan fingerprint density at radius 3 is 2.34 bits per heavy atom. The summed E-state index contributed by atoms with van der Waals surface area (Å²) in [4.78, 5) is 26.3. The Morgan fingerprint density at radius 2 is 1.79 bits per heavy atom. The minimum absolute atomic E-state index is 0.115. The van der Waals surface area contributed by atoms with Crippen molar-refractivity contribution in [1.29, 1.82) is 0 Å². The molecule has 2 aromatic carbocycles. The van der Waals surface area contributed by atoms with E-state index in [4.69, 9.17) is 16.3 Å². The Hall–Kier alpha value is -2.57. The maximum Gasteiger partial charge on any atom is 0.287 e. The van der Waals surface area contributed by atoms with E-state index < -0.39 is 6.04 Å². The molecule has 0 fully saturated rings. The third-order valence-electron chi connectivity index (χ3n) is 4.26. The maximum atomic E-state index is 13.1. The average Bonchev–Trinajstić information content (AvgIpc) is 2.61. The van der Waals surface area contributed by atoms with Crippen LogP contribution in [0.1, 0.15) is 32.4 Å². The summed E-state index contributed by atoms with van der Waals surface area (Å²) in [6.07, 6.45) is 0. The Labute approximate surface area is 177 Å². The van der Waals surface area contributed by atoms with E-state index in [1.54, 1.807) is 18.2 Å². The molecule has 156 valence electrons. The normalized spacial score (nSPS) is 13.3. The number of carbonyl (C=O) groups is 2. The van der Waals surface area contributed by atoms with Gasteiger partial charge in [0.05, 0.1) is 19.2 Å². The van der Waals surface area contributed by atoms with Crippen molar-refractivity contribution in [1.82, 2.24) is 5.32 Å². The van der Waals surface area contributed by atoms with Gasteiger partial charge in [0.15, 0.2) is 12.6 Å². The first kappa shape index (κ1) is 22.7. The fraction of sp³-hybridized carbons (Fsp3) is 0.364. The number of rotatable bonds is 7. The summed E-state index contributed by atoms with van der Waals surface area (Å²) in [6, 6.07) is 13.9. The first-order chi connectivity index (χ1) is 13.6. The third-order valence-corrected chi connectivity index (χ3v) is 4.56. The van der Waals surface area contributed by atoms with Crippen LogP contribution in [0.3, 0.4) is 0 Å². The molecule has 1 unspecified atom stereocenters. The molecule has 0 saturated heterocycles. The van der Waals surface area contributed by atoms with Gasteiger partial charge in [0.2, 0.25) is 0 Å². The average molecular weight is 419 g/mol. The van der Waals surface area contributed by atoms with Crippen LogP contribution < -0.4 is 20.3 Å². The van der Waals surface area contributed by atoms with Crippen molar-refractivity contribution < 1.29 is 19.2 Å². The SMILES string of the molecule is COc1ccc(NC(=O)[C@H](c2ccccc2)[NH+](C)CC(=O)NC(C)(C)C)cc1Cl. The monoisotopic (exact) mass is 418 g/mol. The number of nitrogens with one attached hydrogen (secondary N) is 3. The molecule has 2 aromatic rings. The molecule has 0 radical (unpaired) electrons. The van der Waals surface area contributed by atoms with Gasteiger partial charge in [0.25, 0.3) is 11.8 Å². The van der Waals surface area contributed by atoms with Gasteiger partial charge in [-0.15, -0.1) is 0 Å². The largest absolute Gasteiger partial charge is 0.495 e. The highest BCUT2D eigenvalue weighted by Gasteiger charge is 2.31. The van der Waals surface area contributed by atoms with Gasteiger partial charge < -0.3 is 20.3 Å². The number of benzene rings is 2. The molecule has 29 heavy (non-hydrogen) atoms. The highest BCUT2D eigenvalue weighted by molar-refractivity contribution is 6.32. The first-order valence-electron chi connectivity index (χ1n) is 9.43. The topological polar surface area (TPSA) is 71.9 Å². The first-order valence-corrected chi connectivity index (χ1v) is 9.81. The van der Waals surface area contributed by atoms with Crippen molar-refractivity contribution in [2.24, 2.45) is 0 Å². The second kappa shape index (κ2) is 9.76. The number of hydrogen-bond donors (Lipinski definition) is 3. The summed E-state index contributed by atoms with van der Waals surface area (Å²) in [6.45, 7) is 5.94. The van der Waals surface area contributed by atoms with E-state index in [9.17, 15) is 9.59 Å². The lowest BCUT2D eigenvalue weighted by Gasteiger charge is -2.26. The number of hydrogen-bond acceptors (Lipinski definition) is 3. The molecular formula is C22H29ClN3O3+. The molecule has 0 heterocycles. The summed E-state index contributed by atoms with van der Waals surface area (Å²) in [5.74, 6) is 0.195. The van der Waals surface area contributed by atoms with Crippen LogP contribution >= 0.6 is 11.6 Å². The zero-order valence-corrected chi connectivity index (χ0v) is 18.3. The Bertz CT molecular complexity index is 850. The van der Waals surface area contributed by atoms with E-state index in [-0.39, 0.29) is 23.9 Å². The third kappa shape index (κ3) is 6.76. The molecule has 0 aliphatic rings. The van der Waals surface area contributed by atoms with Crippen molar-refractivity contribution in [2.45, 2.75) is 32.4 Å². The smallest absolute Gasteiger partial charge is 0.287 e. The van der Waals surface area contributed by atoms with Crippen LogP contribution in [-0.2, 0) is 9.59 Å². The van der Waals surface area contributed by atoms with Gasteiger partial charge in [-0.1, -0.05) is 41.9 Å². The van der Waals surface area contributed by atoms with Gasteiger partial charge in [-0.25, -0.2) is 0 Å². The van der Waals surface area contributed by atoms with Crippen LogP contribution in [0.15, 0.2) is 48.5 Å². The summed E-state index contributed by atoms with van der Waals surface area (Å²) in [5.41, 5.74) is 1.06. The number of methoxy groups -OCH3 is 1. The molecule has 6 nitrogen and oxygen atoms in total. The quantitative estimate of drug-likeness (QED) is 0.646. The molecule has 0 aromatic heterocycles. The highest BCUT2D eigenvalue weighted by atomic mass is 35.5. The highest BCUT2D eigenvalue weighted by Crippen LogP contribution is 2.27. The lowest BCUT2D eigenvalue weighted by Crippen LogP contribution is -3.11. The molecule has 0 spiro atoms. The summed E-state index contributed by atoms with van der Waals surface area (Å²) < 4.78 is 5.15. The summed E-state index contributed by atoms with van der Waals surface area (Å²) in [7, 11) is 3.37. The van der Waals surface area contributed by atoms with Crippen LogP contribution in [0.4, 0.5) is 5.69 Å². The number of quaternary nitrogens is 1. The van der Waals surface area contributed by atoms with Gasteiger partial charge in [0, 0.05) is 16.8 Å². The van der Waals surface area contributed by atoms with E-state index in [2.05, 4.69) is 10.6 Å². The molecule has 0 aliphatic heterocycles. The van der Waals surface area contributed by atoms with E-state index >= 15 is 0 Å². The number of halogens is 1. The number of likely N-dealkylation sites (N-methyl/N-ethyl adjacent to an activating group) is 1. The lowest BCUT2D eigenvalue weighted by atomic mass is 10.0. The standard InChI is InChI=1S/C22H28ClN3O3/c1-22(2,3)25-19(27)14-26(4)20(15-9-7-6-8-10-15)21(28)24-16-11-12-18(29-5)17(23)13-16/h6-13,20H,14H2,1-5H3,(H,24,28)(H,25,27)/p+1/t20-/m0/s1. The Morgan fingerprint density at radius 1 is 1.14 bits per heavy atom. The van der Waals surface area contributed by atoms with E-state index in [1.807, 2.05) is 58.2 Å². The fourth-order valence-electron chi connectivity index (χ4n) is 3.08. The zero-order valence-electron chi connectivity index (χ0n) is 17.5. The van der Waals surface area contributed by atoms with Crippen molar-refractivity contribution in [3.63, 3.8) is 0 Å². The molecular weight excluding hydrogens is 390 g/mol. The number of ether oxygens (including phenoxy) is 1. The summed E-state index contributed by atoms with van der Waals surface area (Å²) >= 11 is 6.17. The van der Waals surface area contributed by atoms with Crippen molar-refractivity contribution in [2.75, 3.05) is 26.0 Å². The molecule has 0 saturated carbocycles. The van der Waals surface area contributed by atoms with Crippen molar-refractivity contribution in [3.05, 3.63) is 59.1 Å². The minimum atomic E-state index is -0.567. The van der Waals surface area contributed by atoms with Gasteiger partial charge in [-0.05, 0) is 39.0 Å². The molecule has 2 amide bonds. The Kier molecular flexibility index (Phi) is 7.65. The van der Waals surface area contributed by atoms with Gasteiger partial charge in [-0.2, -0.15) is 0 Å². The maximum absolute atomic E-state index is 13.1. The molecule has 0 bridgehead atoms. The van der Waals surface area contributed by atoms with Gasteiger partial charge in [-0.3, -0.25) is 9.59 Å². The van der Waals surface area contributed by atoms with E-state index in [0.717, 1.165) is 10.5 Å². The number of amides is 2. The minimum Gasteiger partial charge on any atom is -0.495 e. The van der Waals surface area contributed by atoms with Crippen LogP contribution in [0, 0.1) is 0 Å². The number of carbonyl (C=O) groups excluding carboxylic acids is 2. The Balaban J connectivity index is 2.22. The summed E-state index contributed by atoms with van der Waals surface area (Å²) in [5, 5.41) is 6.25. The zero-order chi connectivity index (χ0) is 21.6. The lowest BCUT2D eigenvalue weighted by molar-refractivity contribution is -0.894. The molecule has 2 atom stereocenters. The predicted octanol–water partition coefficient (Wildman–Crippen LogP) is 2.46. The van der Waals surface area contributed by atoms with Gasteiger partial charge >= 0.3 is 0 Å². The molecule has 0 aliphatic carbocycles. The van der Waals surface area contributed by atoms with Gasteiger partial charge in [0.1, 0.15) is 5.75 Å². The van der Waals surface area contributed by atoms with Crippen molar-refractivity contribution >= 4 is 29.1 Å².